The molecule has 40 heavy (non-hydrogen) atoms. The summed E-state index contributed by atoms with van der Waals surface area (Å²) in [6.07, 6.45) is 3.40. The van der Waals surface area contributed by atoms with Crippen molar-refractivity contribution in [3.63, 3.8) is 0 Å². The number of carbonyl (C=O) groups excluding carboxylic acids is 3. The summed E-state index contributed by atoms with van der Waals surface area (Å²) in [6.45, 7) is 3.77. The van der Waals surface area contributed by atoms with Crippen LogP contribution in [0, 0.1) is 5.92 Å². The van der Waals surface area contributed by atoms with E-state index >= 15 is 0 Å². The Morgan fingerprint density at radius 3 is 2.10 bits per heavy atom. The van der Waals surface area contributed by atoms with E-state index in [1.165, 1.54) is 12.5 Å². The lowest BCUT2D eigenvalue weighted by atomic mass is 10.0. The minimum Gasteiger partial charge on any atom is -0.480 e. The van der Waals surface area contributed by atoms with Crippen LogP contribution in [0.3, 0.4) is 0 Å². The van der Waals surface area contributed by atoms with Crippen molar-refractivity contribution < 1.29 is 24.3 Å². The van der Waals surface area contributed by atoms with E-state index in [2.05, 4.69) is 30.9 Å². The fourth-order valence-corrected chi connectivity index (χ4v) is 3.76. The lowest BCUT2D eigenvalue weighted by molar-refractivity contribution is -0.142. The van der Waals surface area contributed by atoms with Gasteiger partial charge in [-0.1, -0.05) is 44.2 Å². The molecule has 0 aliphatic rings. The van der Waals surface area contributed by atoms with Gasteiger partial charge in [-0.25, -0.2) is 9.78 Å². The number of aromatic nitrogens is 2. The number of hydrogen-bond acceptors (Lipinski definition) is 7. The molecule has 218 valence electrons. The lowest BCUT2D eigenvalue weighted by Gasteiger charge is -2.26. The summed E-state index contributed by atoms with van der Waals surface area (Å²) in [6, 6.07) is 4.74. The van der Waals surface area contributed by atoms with Crippen LogP contribution in [0.5, 0.6) is 0 Å². The van der Waals surface area contributed by atoms with Crippen LogP contribution in [0.4, 0.5) is 0 Å². The van der Waals surface area contributed by atoms with Crippen molar-refractivity contribution in [1.82, 2.24) is 25.9 Å². The second-order valence-electron chi connectivity index (χ2n) is 9.71. The van der Waals surface area contributed by atoms with Crippen molar-refractivity contribution in [3.8, 4) is 0 Å². The quantitative estimate of drug-likeness (QED) is 0.0698. The number of amides is 3. The first-order chi connectivity index (χ1) is 19.0. The standard InChI is InChI=1S/C26H39N9O5/c1-15(2)21(27)24(38)35-19(11-16-7-4-3-5-8-16)22(36)34-20(12-17-13-30-14-32-17)23(37)33-18(25(39)40)9-6-10-31-26(28)29/h3-5,7-8,13-15,18-21H,6,9-12,27H2,1-2H3,(H,30,32)(H,33,37)(H,34,36)(H,35,38)(H,39,40)(H4,28,29,31). The first kappa shape index (κ1) is 31.8. The summed E-state index contributed by atoms with van der Waals surface area (Å²) in [5.41, 5.74) is 17.9. The fourth-order valence-electron chi connectivity index (χ4n) is 3.76. The molecular formula is C26H39N9O5. The van der Waals surface area contributed by atoms with Gasteiger partial charge in [-0.3, -0.25) is 19.4 Å². The second-order valence-corrected chi connectivity index (χ2v) is 9.71. The van der Waals surface area contributed by atoms with Gasteiger partial charge in [0.25, 0.3) is 0 Å². The predicted molar refractivity (Wildman–Crippen MR) is 149 cm³/mol. The molecule has 1 heterocycles. The third kappa shape index (κ3) is 10.7. The van der Waals surface area contributed by atoms with E-state index in [0.717, 1.165) is 5.56 Å². The van der Waals surface area contributed by atoms with Gasteiger partial charge < -0.3 is 43.2 Å². The monoisotopic (exact) mass is 557 g/mol. The lowest BCUT2D eigenvalue weighted by Crippen LogP contribution is -2.58. The predicted octanol–water partition coefficient (Wildman–Crippen LogP) is -1.23. The van der Waals surface area contributed by atoms with Crippen molar-refractivity contribution in [1.29, 1.82) is 0 Å². The maximum Gasteiger partial charge on any atom is 0.326 e. The number of rotatable bonds is 16. The largest absolute Gasteiger partial charge is 0.480 e. The number of carbonyl (C=O) groups is 4. The molecule has 0 spiro atoms. The van der Waals surface area contributed by atoms with Crippen LogP contribution in [0.25, 0.3) is 0 Å². The fraction of sp³-hybridized carbons (Fsp3) is 0.462. The smallest absolute Gasteiger partial charge is 0.326 e. The molecule has 0 aliphatic heterocycles. The van der Waals surface area contributed by atoms with E-state index in [9.17, 15) is 24.3 Å². The van der Waals surface area contributed by atoms with E-state index < -0.39 is 47.9 Å². The molecule has 0 fully saturated rings. The molecule has 0 saturated carbocycles. The highest BCUT2D eigenvalue weighted by atomic mass is 16.4. The number of imidazole rings is 1. The number of carboxylic acid groups (broad SMARTS) is 1. The van der Waals surface area contributed by atoms with E-state index in [0.29, 0.717) is 12.1 Å². The molecule has 0 aliphatic carbocycles. The Morgan fingerprint density at radius 2 is 1.55 bits per heavy atom. The van der Waals surface area contributed by atoms with Crippen LogP contribution >= 0.6 is 0 Å². The molecule has 0 radical (unpaired) electrons. The zero-order valence-corrected chi connectivity index (χ0v) is 22.7. The van der Waals surface area contributed by atoms with Gasteiger partial charge in [-0.05, 0) is 24.3 Å². The number of aromatic amines is 1. The number of H-pyrrole nitrogens is 1. The molecule has 1 aromatic carbocycles. The Hall–Kier alpha value is -4.46. The number of carboxylic acids is 1. The van der Waals surface area contributed by atoms with Crippen LogP contribution in [0.15, 0.2) is 47.8 Å². The highest BCUT2D eigenvalue weighted by Gasteiger charge is 2.31. The van der Waals surface area contributed by atoms with Gasteiger partial charge in [0.05, 0.1) is 12.4 Å². The number of aliphatic carboxylic acids is 1. The van der Waals surface area contributed by atoms with Gasteiger partial charge in [0.1, 0.15) is 18.1 Å². The Kier molecular flexibility index (Phi) is 12.6. The van der Waals surface area contributed by atoms with Gasteiger partial charge in [-0.15, -0.1) is 0 Å². The van der Waals surface area contributed by atoms with E-state index in [1.54, 1.807) is 26.0 Å². The maximum absolute atomic E-state index is 13.5. The van der Waals surface area contributed by atoms with Crippen molar-refractivity contribution in [3.05, 3.63) is 54.1 Å². The zero-order chi connectivity index (χ0) is 29.7. The molecular weight excluding hydrogens is 518 g/mol. The molecule has 11 N–H and O–H groups in total. The Morgan fingerprint density at radius 1 is 0.950 bits per heavy atom. The summed E-state index contributed by atoms with van der Waals surface area (Å²) < 4.78 is 0. The van der Waals surface area contributed by atoms with Crippen molar-refractivity contribution in [2.75, 3.05) is 6.54 Å². The molecule has 0 saturated heterocycles. The average molecular weight is 558 g/mol. The minimum atomic E-state index is -1.25. The molecule has 2 rings (SSSR count). The number of aliphatic imine (C=N–C) groups is 1. The van der Waals surface area contributed by atoms with Crippen LogP contribution in [-0.4, -0.2) is 75.4 Å². The number of nitrogens with zero attached hydrogens (tertiary/aromatic N) is 2. The second kappa shape index (κ2) is 15.8. The number of nitrogens with one attached hydrogen (secondary N) is 4. The van der Waals surface area contributed by atoms with Gasteiger partial charge in [0, 0.05) is 31.3 Å². The third-order valence-corrected chi connectivity index (χ3v) is 6.11. The van der Waals surface area contributed by atoms with Crippen LogP contribution < -0.4 is 33.2 Å². The van der Waals surface area contributed by atoms with E-state index in [1.807, 2.05) is 18.2 Å². The Bertz CT molecular complexity index is 1130. The van der Waals surface area contributed by atoms with Crippen molar-refractivity contribution >= 4 is 29.7 Å². The first-order valence-electron chi connectivity index (χ1n) is 12.9. The Labute approximate surface area is 232 Å². The maximum atomic E-state index is 13.5. The highest BCUT2D eigenvalue weighted by molar-refractivity contribution is 5.94. The number of benzene rings is 1. The molecule has 0 bridgehead atoms. The summed E-state index contributed by atoms with van der Waals surface area (Å²) in [5.74, 6) is -3.40. The van der Waals surface area contributed by atoms with Gasteiger partial charge in [-0.2, -0.15) is 0 Å². The molecule has 4 unspecified atom stereocenters. The summed E-state index contributed by atoms with van der Waals surface area (Å²) in [5, 5.41) is 17.5. The van der Waals surface area contributed by atoms with Crippen LogP contribution in [-0.2, 0) is 32.0 Å². The molecule has 14 heteroatoms. The highest BCUT2D eigenvalue weighted by Crippen LogP contribution is 2.08. The van der Waals surface area contributed by atoms with Gasteiger partial charge >= 0.3 is 5.97 Å². The number of nitrogens with two attached hydrogens (primary N) is 3. The van der Waals surface area contributed by atoms with E-state index in [4.69, 9.17) is 17.2 Å². The number of hydrogen-bond donors (Lipinski definition) is 8. The average Bonchev–Trinajstić information content (AvgIpc) is 3.42. The SMILES string of the molecule is CC(C)C(N)C(=O)NC(Cc1ccccc1)C(=O)NC(Cc1cnc[nH]1)C(=O)NC(CCCN=C(N)N)C(=O)O. The third-order valence-electron chi connectivity index (χ3n) is 6.11. The molecule has 3 amide bonds. The normalized spacial score (nSPS) is 13.9. The molecule has 4 atom stereocenters. The van der Waals surface area contributed by atoms with Gasteiger partial charge in [0.15, 0.2) is 5.96 Å². The summed E-state index contributed by atoms with van der Waals surface area (Å²) in [7, 11) is 0. The topological polar surface area (TPSA) is 244 Å². The Balaban J connectivity index is 2.23. The van der Waals surface area contributed by atoms with Crippen LogP contribution in [0.1, 0.15) is 37.9 Å². The summed E-state index contributed by atoms with van der Waals surface area (Å²) in [4.78, 5) is 61.9. The molecule has 2 aromatic rings. The van der Waals surface area contributed by atoms with Crippen LogP contribution in [0.2, 0.25) is 0 Å². The van der Waals surface area contributed by atoms with Crippen molar-refractivity contribution in [2.24, 2.45) is 28.1 Å². The molecule has 14 nitrogen and oxygen atoms in total. The van der Waals surface area contributed by atoms with Gasteiger partial charge in [0.2, 0.25) is 17.7 Å². The zero-order valence-electron chi connectivity index (χ0n) is 22.7. The number of guanidine groups is 1. The summed E-state index contributed by atoms with van der Waals surface area (Å²) >= 11 is 0. The molecule has 1 aromatic heterocycles. The first-order valence-corrected chi connectivity index (χ1v) is 12.9. The van der Waals surface area contributed by atoms with Crippen molar-refractivity contribution in [2.45, 2.75) is 63.7 Å². The van der Waals surface area contributed by atoms with E-state index in [-0.39, 0.29) is 37.7 Å². The minimum absolute atomic E-state index is 0.00454.